The molecule has 76 valence electrons. The van der Waals surface area contributed by atoms with E-state index in [1.54, 1.807) is 6.92 Å². The average molecular weight is 203 g/mol. The standard InChI is InChI=1S/C9H17NO2.S/c1-5-10(6-2)7-12-9(11)8(3)4;/h3,5-7H2,1-2,4H3;. The molecule has 0 unspecified atom stereocenters. The fourth-order valence-electron chi connectivity index (χ4n) is 0.679. The Morgan fingerprint density at radius 2 is 1.85 bits per heavy atom. The molecule has 0 bridgehead atoms. The highest BCUT2D eigenvalue weighted by molar-refractivity contribution is 7.59. The van der Waals surface area contributed by atoms with Crippen LogP contribution >= 0.6 is 13.5 Å². The van der Waals surface area contributed by atoms with E-state index in [1.165, 1.54) is 0 Å². The van der Waals surface area contributed by atoms with Gasteiger partial charge in [-0.1, -0.05) is 20.4 Å². The maximum absolute atomic E-state index is 10.9. The molecule has 0 aromatic carbocycles. The van der Waals surface area contributed by atoms with Crippen LogP contribution in [0.1, 0.15) is 20.8 Å². The lowest BCUT2D eigenvalue weighted by atomic mass is 10.4. The average Bonchev–Trinajstić information content (AvgIpc) is 2.05. The van der Waals surface area contributed by atoms with Crippen molar-refractivity contribution in [1.29, 1.82) is 0 Å². The molecule has 0 aromatic heterocycles. The summed E-state index contributed by atoms with van der Waals surface area (Å²) in [4.78, 5) is 12.9. The molecule has 0 rings (SSSR count). The van der Waals surface area contributed by atoms with E-state index in [0.29, 0.717) is 12.3 Å². The summed E-state index contributed by atoms with van der Waals surface area (Å²) in [5, 5.41) is 0. The lowest BCUT2D eigenvalue weighted by Crippen LogP contribution is -2.27. The van der Waals surface area contributed by atoms with Crippen molar-refractivity contribution in [2.45, 2.75) is 20.8 Å². The van der Waals surface area contributed by atoms with Gasteiger partial charge in [-0.2, -0.15) is 0 Å². The first kappa shape index (κ1) is 15.0. The Morgan fingerprint density at radius 1 is 1.38 bits per heavy atom. The molecule has 0 aliphatic heterocycles. The molecule has 3 nitrogen and oxygen atoms in total. The van der Waals surface area contributed by atoms with Gasteiger partial charge in [0, 0.05) is 19.1 Å². The first-order valence-corrected chi connectivity index (χ1v) is 4.16. The van der Waals surface area contributed by atoms with E-state index < -0.39 is 0 Å². The van der Waals surface area contributed by atoms with Gasteiger partial charge in [-0.05, 0) is 20.0 Å². The van der Waals surface area contributed by atoms with Gasteiger partial charge >= 0.3 is 5.97 Å². The van der Waals surface area contributed by atoms with Crippen molar-refractivity contribution < 1.29 is 9.53 Å². The van der Waals surface area contributed by atoms with Crippen LogP contribution in [-0.2, 0) is 9.53 Å². The minimum Gasteiger partial charge on any atom is -0.446 e. The maximum Gasteiger partial charge on any atom is 0.334 e. The SMILES string of the molecule is C=C(C)C(=O)OCN(CC)CC.[S]. The molecule has 0 aliphatic rings. The van der Waals surface area contributed by atoms with Crippen molar-refractivity contribution in [2.24, 2.45) is 0 Å². The number of nitrogens with zero attached hydrogens (tertiary/aromatic N) is 1. The van der Waals surface area contributed by atoms with Crippen LogP contribution in [0.3, 0.4) is 0 Å². The lowest BCUT2D eigenvalue weighted by Gasteiger charge is -2.17. The van der Waals surface area contributed by atoms with Crippen LogP contribution < -0.4 is 0 Å². The second-order valence-electron chi connectivity index (χ2n) is 2.64. The summed E-state index contributed by atoms with van der Waals surface area (Å²) >= 11 is 0. The molecule has 0 saturated heterocycles. The van der Waals surface area contributed by atoms with Crippen molar-refractivity contribution in [2.75, 3.05) is 19.8 Å². The molecular formula is C9H17NO2S. The van der Waals surface area contributed by atoms with E-state index in [1.807, 2.05) is 18.7 Å². The highest BCUT2D eigenvalue weighted by Crippen LogP contribution is 1.94. The Hall–Kier alpha value is -0.480. The van der Waals surface area contributed by atoms with Crippen LogP contribution in [0.15, 0.2) is 12.2 Å². The maximum atomic E-state index is 10.9. The highest BCUT2D eigenvalue weighted by atomic mass is 32.1. The number of esters is 1. The summed E-state index contributed by atoms with van der Waals surface area (Å²) in [6, 6.07) is 0. The van der Waals surface area contributed by atoms with E-state index in [9.17, 15) is 4.79 Å². The molecule has 0 atom stereocenters. The van der Waals surface area contributed by atoms with Crippen LogP contribution in [-0.4, -0.2) is 30.7 Å². The van der Waals surface area contributed by atoms with Crippen molar-refractivity contribution in [1.82, 2.24) is 4.90 Å². The molecule has 0 N–H and O–H groups in total. The number of ether oxygens (including phenoxy) is 1. The quantitative estimate of drug-likeness (QED) is 0.389. The van der Waals surface area contributed by atoms with Gasteiger partial charge in [0.1, 0.15) is 6.73 Å². The molecule has 0 fully saturated rings. The predicted octanol–water partition coefficient (Wildman–Crippen LogP) is 2.05. The molecule has 0 aliphatic carbocycles. The Kier molecular flexibility index (Phi) is 9.39. The molecule has 0 amide bonds. The topological polar surface area (TPSA) is 29.5 Å². The van der Waals surface area contributed by atoms with Crippen LogP contribution in [0.2, 0.25) is 0 Å². The zero-order chi connectivity index (χ0) is 9.56. The predicted molar refractivity (Wildman–Crippen MR) is 56.3 cm³/mol. The van der Waals surface area contributed by atoms with Crippen molar-refractivity contribution in [3.8, 4) is 0 Å². The fraction of sp³-hybridized carbons (Fsp3) is 0.667. The molecule has 0 heterocycles. The Balaban J connectivity index is 0. The second-order valence-corrected chi connectivity index (χ2v) is 2.64. The smallest absolute Gasteiger partial charge is 0.334 e. The Bertz CT molecular complexity index is 167. The molecule has 0 spiro atoms. The molecule has 0 saturated carbocycles. The van der Waals surface area contributed by atoms with Crippen molar-refractivity contribution in [3.63, 3.8) is 0 Å². The fourth-order valence-corrected chi connectivity index (χ4v) is 0.679. The van der Waals surface area contributed by atoms with Crippen molar-refractivity contribution in [3.05, 3.63) is 12.2 Å². The van der Waals surface area contributed by atoms with Crippen LogP contribution in [0.4, 0.5) is 0 Å². The van der Waals surface area contributed by atoms with Gasteiger partial charge < -0.3 is 4.74 Å². The molecule has 2 radical (unpaired) electrons. The highest BCUT2D eigenvalue weighted by Gasteiger charge is 2.05. The number of carbonyl (C=O) groups excluding carboxylic acids is 1. The van der Waals surface area contributed by atoms with E-state index in [2.05, 4.69) is 6.58 Å². The molecule has 0 aromatic rings. The van der Waals surface area contributed by atoms with Gasteiger partial charge in [-0.25, -0.2) is 4.79 Å². The molecule has 4 heteroatoms. The van der Waals surface area contributed by atoms with Crippen LogP contribution in [0.5, 0.6) is 0 Å². The minimum absolute atomic E-state index is 0. The largest absolute Gasteiger partial charge is 0.446 e. The zero-order valence-electron chi connectivity index (χ0n) is 8.50. The summed E-state index contributed by atoms with van der Waals surface area (Å²) in [6.07, 6.45) is 0. The summed E-state index contributed by atoms with van der Waals surface area (Å²) in [5.74, 6) is -0.318. The van der Waals surface area contributed by atoms with Crippen molar-refractivity contribution >= 4 is 19.5 Å². The molecule has 13 heavy (non-hydrogen) atoms. The van der Waals surface area contributed by atoms with Crippen LogP contribution in [0, 0.1) is 0 Å². The van der Waals surface area contributed by atoms with E-state index >= 15 is 0 Å². The van der Waals surface area contributed by atoms with Gasteiger partial charge in [-0.15, -0.1) is 0 Å². The van der Waals surface area contributed by atoms with Gasteiger partial charge in [-0.3, -0.25) is 4.90 Å². The van der Waals surface area contributed by atoms with Crippen LogP contribution in [0.25, 0.3) is 0 Å². The Labute approximate surface area is 87.2 Å². The monoisotopic (exact) mass is 203 g/mol. The third-order valence-electron chi connectivity index (χ3n) is 1.62. The van der Waals surface area contributed by atoms with Gasteiger partial charge in [0.05, 0.1) is 0 Å². The summed E-state index contributed by atoms with van der Waals surface area (Å²) in [5.41, 5.74) is 0.446. The summed E-state index contributed by atoms with van der Waals surface area (Å²) < 4.78 is 4.93. The van der Waals surface area contributed by atoms with E-state index in [-0.39, 0.29) is 19.5 Å². The number of hydrogen-bond acceptors (Lipinski definition) is 3. The Morgan fingerprint density at radius 3 is 2.15 bits per heavy atom. The minimum atomic E-state index is -0.318. The third kappa shape index (κ3) is 6.66. The van der Waals surface area contributed by atoms with E-state index in [0.717, 1.165) is 13.1 Å². The number of rotatable bonds is 5. The normalized spacial score (nSPS) is 9.23. The van der Waals surface area contributed by atoms with Gasteiger partial charge in [0.25, 0.3) is 0 Å². The van der Waals surface area contributed by atoms with Gasteiger partial charge in [0.15, 0.2) is 0 Å². The second kappa shape index (κ2) is 8.13. The first-order valence-electron chi connectivity index (χ1n) is 4.16. The number of hydrogen-bond donors (Lipinski definition) is 0. The van der Waals surface area contributed by atoms with Gasteiger partial charge in [0.2, 0.25) is 0 Å². The summed E-state index contributed by atoms with van der Waals surface area (Å²) in [7, 11) is 0. The lowest BCUT2D eigenvalue weighted by molar-refractivity contribution is -0.143. The molecular weight excluding hydrogens is 186 g/mol. The number of carbonyl (C=O) groups is 1. The van der Waals surface area contributed by atoms with E-state index in [4.69, 9.17) is 4.74 Å². The zero-order valence-corrected chi connectivity index (χ0v) is 9.32. The first-order chi connectivity index (χ1) is 5.61. The summed E-state index contributed by atoms with van der Waals surface area (Å²) in [6.45, 7) is 11.3. The third-order valence-corrected chi connectivity index (χ3v) is 1.62.